The Morgan fingerprint density at radius 3 is 2.56 bits per heavy atom. The lowest BCUT2D eigenvalue weighted by molar-refractivity contribution is 0.0691. The van der Waals surface area contributed by atoms with E-state index in [1.54, 1.807) is 6.07 Å². The smallest absolute Gasteiger partial charge is 0.338 e. The van der Waals surface area contributed by atoms with Gasteiger partial charge in [-0.05, 0) is 36.0 Å². The van der Waals surface area contributed by atoms with Crippen molar-refractivity contribution in [2.24, 2.45) is 5.92 Å². The Labute approximate surface area is 108 Å². The summed E-state index contributed by atoms with van der Waals surface area (Å²) in [5.41, 5.74) is 0.710. The summed E-state index contributed by atoms with van der Waals surface area (Å²) in [5, 5.41) is 8.96. The number of carboxylic acids is 1. The molecule has 1 aromatic rings. The number of halogens is 1. The number of benzene rings is 1. The minimum atomic E-state index is -1.20. The van der Waals surface area contributed by atoms with Gasteiger partial charge in [-0.25, -0.2) is 9.18 Å². The highest BCUT2D eigenvalue weighted by molar-refractivity contribution is 5.88. The molecule has 0 amide bonds. The molecule has 0 fully saturated rings. The fraction of sp³-hybridized carbons (Fsp3) is 0.533. The number of hydrogen-bond acceptors (Lipinski definition) is 1. The lowest BCUT2D eigenvalue weighted by Gasteiger charge is -2.23. The second-order valence-electron chi connectivity index (χ2n) is 4.83. The third-order valence-corrected chi connectivity index (χ3v) is 3.58. The molecule has 0 radical (unpaired) electrons. The summed E-state index contributed by atoms with van der Waals surface area (Å²) in [6.07, 6.45) is 3.07. The van der Waals surface area contributed by atoms with E-state index < -0.39 is 11.8 Å². The Bertz CT molecular complexity index is 415. The van der Waals surface area contributed by atoms with Gasteiger partial charge in [-0.2, -0.15) is 0 Å². The van der Waals surface area contributed by atoms with Gasteiger partial charge in [0.1, 0.15) is 5.82 Å². The molecule has 0 aliphatic rings. The molecule has 1 N–H and O–H groups in total. The van der Waals surface area contributed by atoms with Crippen molar-refractivity contribution in [3.8, 4) is 0 Å². The molecule has 0 saturated heterocycles. The van der Waals surface area contributed by atoms with Gasteiger partial charge >= 0.3 is 5.97 Å². The van der Waals surface area contributed by atoms with Crippen LogP contribution in [0.2, 0.25) is 0 Å². The molecule has 1 aromatic carbocycles. The first-order valence-corrected chi connectivity index (χ1v) is 6.53. The van der Waals surface area contributed by atoms with Gasteiger partial charge < -0.3 is 5.11 Å². The monoisotopic (exact) mass is 252 g/mol. The Morgan fingerprint density at radius 1 is 1.39 bits per heavy atom. The quantitative estimate of drug-likeness (QED) is 0.812. The van der Waals surface area contributed by atoms with Crippen molar-refractivity contribution < 1.29 is 14.3 Å². The Balaban J connectivity index is 3.12. The standard InChI is InChI=1S/C15H21FO2/c1-4-6-12(10(3)5-2)11-7-8-14(16)13(9-11)15(17)18/h7-10,12H,4-6H2,1-3H3,(H,17,18)/t10?,12-/m0/s1. The summed E-state index contributed by atoms with van der Waals surface area (Å²) in [7, 11) is 0. The van der Waals surface area contributed by atoms with Gasteiger partial charge in [0.25, 0.3) is 0 Å². The molecule has 100 valence electrons. The third-order valence-electron chi connectivity index (χ3n) is 3.58. The summed E-state index contributed by atoms with van der Waals surface area (Å²) in [6, 6.07) is 4.47. The zero-order chi connectivity index (χ0) is 13.7. The maximum absolute atomic E-state index is 13.4. The largest absolute Gasteiger partial charge is 0.478 e. The fourth-order valence-electron chi connectivity index (χ4n) is 2.31. The first-order chi connectivity index (χ1) is 8.51. The number of rotatable bonds is 6. The third kappa shape index (κ3) is 3.31. The van der Waals surface area contributed by atoms with Crippen LogP contribution in [0.15, 0.2) is 18.2 Å². The van der Waals surface area contributed by atoms with Crippen molar-refractivity contribution in [3.05, 3.63) is 35.1 Å². The lowest BCUT2D eigenvalue weighted by Crippen LogP contribution is -2.11. The van der Waals surface area contributed by atoms with Crippen LogP contribution in [0.1, 0.15) is 61.9 Å². The summed E-state index contributed by atoms with van der Waals surface area (Å²) in [6.45, 7) is 6.39. The zero-order valence-corrected chi connectivity index (χ0v) is 11.2. The van der Waals surface area contributed by atoms with Crippen LogP contribution < -0.4 is 0 Å². The highest BCUT2D eigenvalue weighted by Crippen LogP contribution is 2.32. The summed E-state index contributed by atoms with van der Waals surface area (Å²) < 4.78 is 13.4. The van der Waals surface area contributed by atoms with Crippen LogP contribution in [0.25, 0.3) is 0 Å². The maximum atomic E-state index is 13.4. The SMILES string of the molecule is CCC[C@H](c1ccc(F)c(C(=O)O)c1)C(C)CC. The van der Waals surface area contributed by atoms with E-state index in [1.807, 2.05) is 0 Å². The topological polar surface area (TPSA) is 37.3 Å². The average molecular weight is 252 g/mol. The van der Waals surface area contributed by atoms with Crippen LogP contribution >= 0.6 is 0 Å². The van der Waals surface area contributed by atoms with Crippen molar-refractivity contribution in [1.82, 2.24) is 0 Å². The molecule has 0 bridgehead atoms. The maximum Gasteiger partial charge on any atom is 0.338 e. The molecule has 0 aromatic heterocycles. The van der Waals surface area contributed by atoms with E-state index in [1.165, 1.54) is 12.1 Å². The summed E-state index contributed by atoms with van der Waals surface area (Å²) in [4.78, 5) is 11.0. The molecule has 0 heterocycles. The fourth-order valence-corrected chi connectivity index (χ4v) is 2.31. The number of hydrogen-bond donors (Lipinski definition) is 1. The molecular weight excluding hydrogens is 231 g/mol. The minimum absolute atomic E-state index is 0.225. The number of aromatic carboxylic acids is 1. The van der Waals surface area contributed by atoms with Crippen LogP contribution in [-0.2, 0) is 0 Å². The molecule has 0 aliphatic heterocycles. The molecule has 1 unspecified atom stereocenters. The predicted octanol–water partition coefficient (Wildman–Crippen LogP) is 4.45. The van der Waals surface area contributed by atoms with E-state index in [2.05, 4.69) is 20.8 Å². The Hall–Kier alpha value is -1.38. The lowest BCUT2D eigenvalue weighted by atomic mass is 9.82. The van der Waals surface area contributed by atoms with Crippen molar-refractivity contribution in [2.75, 3.05) is 0 Å². The van der Waals surface area contributed by atoms with Crippen molar-refractivity contribution in [1.29, 1.82) is 0 Å². The van der Waals surface area contributed by atoms with Gasteiger partial charge in [-0.1, -0.05) is 39.7 Å². The highest BCUT2D eigenvalue weighted by Gasteiger charge is 2.20. The number of carbonyl (C=O) groups is 1. The molecule has 2 nitrogen and oxygen atoms in total. The van der Waals surface area contributed by atoms with Crippen LogP contribution in [0, 0.1) is 11.7 Å². The Kier molecular flexibility index (Phi) is 5.32. The first-order valence-electron chi connectivity index (χ1n) is 6.53. The molecule has 0 aliphatic carbocycles. The summed E-state index contributed by atoms with van der Waals surface area (Å²) >= 11 is 0. The van der Waals surface area contributed by atoms with E-state index in [9.17, 15) is 9.18 Å². The molecule has 2 atom stereocenters. The Morgan fingerprint density at radius 2 is 2.06 bits per heavy atom. The van der Waals surface area contributed by atoms with Crippen LogP contribution in [0.5, 0.6) is 0 Å². The normalized spacial score (nSPS) is 14.2. The van der Waals surface area contributed by atoms with Crippen molar-refractivity contribution >= 4 is 5.97 Å². The van der Waals surface area contributed by atoms with Crippen molar-refractivity contribution in [3.63, 3.8) is 0 Å². The molecule has 1 rings (SSSR count). The van der Waals surface area contributed by atoms with Gasteiger partial charge in [0.15, 0.2) is 0 Å². The van der Waals surface area contributed by atoms with Gasteiger partial charge in [-0.15, -0.1) is 0 Å². The zero-order valence-electron chi connectivity index (χ0n) is 11.2. The van der Waals surface area contributed by atoms with E-state index >= 15 is 0 Å². The van der Waals surface area contributed by atoms with E-state index in [-0.39, 0.29) is 5.56 Å². The minimum Gasteiger partial charge on any atom is -0.478 e. The van der Waals surface area contributed by atoms with Gasteiger partial charge in [0.2, 0.25) is 0 Å². The van der Waals surface area contributed by atoms with Crippen LogP contribution in [0.3, 0.4) is 0 Å². The second-order valence-corrected chi connectivity index (χ2v) is 4.83. The van der Waals surface area contributed by atoms with Crippen molar-refractivity contribution in [2.45, 2.75) is 46.0 Å². The summed E-state index contributed by atoms with van der Waals surface area (Å²) in [5.74, 6) is -1.09. The van der Waals surface area contributed by atoms with Crippen LogP contribution in [0.4, 0.5) is 4.39 Å². The van der Waals surface area contributed by atoms with Gasteiger partial charge in [0, 0.05) is 0 Å². The predicted molar refractivity (Wildman–Crippen MR) is 70.5 cm³/mol. The van der Waals surface area contributed by atoms with E-state index in [0.717, 1.165) is 24.8 Å². The molecule has 0 spiro atoms. The number of carboxylic acid groups (broad SMARTS) is 1. The van der Waals surface area contributed by atoms with Gasteiger partial charge in [-0.3, -0.25) is 0 Å². The van der Waals surface area contributed by atoms with Crippen LogP contribution in [-0.4, -0.2) is 11.1 Å². The molecule has 3 heteroatoms. The molecular formula is C15H21FO2. The average Bonchev–Trinajstić information content (AvgIpc) is 2.35. The molecule has 0 saturated carbocycles. The van der Waals surface area contributed by atoms with E-state index in [0.29, 0.717) is 11.8 Å². The van der Waals surface area contributed by atoms with Gasteiger partial charge in [0.05, 0.1) is 5.56 Å². The second kappa shape index (κ2) is 6.53. The molecule has 18 heavy (non-hydrogen) atoms. The highest BCUT2D eigenvalue weighted by atomic mass is 19.1. The van der Waals surface area contributed by atoms with E-state index in [4.69, 9.17) is 5.11 Å². The first kappa shape index (κ1) is 14.7.